The summed E-state index contributed by atoms with van der Waals surface area (Å²) in [6.45, 7) is 1.64. The lowest BCUT2D eigenvalue weighted by Gasteiger charge is -2.12. The fourth-order valence-electron chi connectivity index (χ4n) is 1.63. The summed E-state index contributed by atoms with van der Waals surface area (Å²) in [5.41, 5.74) is 6.66. The van der Waals surface area contributed by atoms with E-state index in [1.54, 1.807) is 6.92 Å². The third kappa shape index (κ3) is 3.15. The van der Waals surface area contributed by atoms with E-state index in [4.69, 9.17) is 28.9 Å². The van der Waals surface area contributed by atoms with Crippen LogP contribution in [0.5, 0.6) is 0 Å². The third-order valence-electron chi connectivity index (χ3n) is 2.56. The molecule has 0 aliphatic carbocycles. The van der Waals surface area contributed by atoms with Crippen LogP contribution in [0.2, 0.25) is 10.2 Å². The van der Waals surface area contributed by atoms with E-state index in [1.807, 2.05) is 0 Å². The van der Waals surface area contributed by atoms with Crippen LogP contribution in [0.3, 0.4) is 0 Å². The number of hydrogen-bond acceptors (Lipinski definition) is 4. The Labute approximate surface area is 126 Å². The van der Waals surface area contributed by atoms with Crippen LogP contribution in [0.4, 0.5) is 11.4 Å². The summed E-state index contributed by atoms with van der Waals surface area (Å²) in [4.78, 5) is 3.84. The molecule has 1 heterocycles. The first-order valence-corrected chi connectivity index (χ1v) is 7.73. The largest absolute Gasteiger partial charge is 0.397 e. The van der Waals surface area contributed by atoms with Crippen LogP contribution in [0.1, 0.15) is 5.56 Å². The zero-order valence-electron chi connectivity index (χ0n) is 10.4. The highest BCUT2D eigenvalue weighted by Gasteiger charge is 2.18. The number of aryl methyl sites for hydroxylation is 1. The fourth-order valence-corrected chi connectivity index (χ4v) is 3.34. The zero-order chi connectivity index (χ0) is 14.9. The Morgan fingerprint density at radius 3 is 2.60 bits per heavy atom. The molecule has 0 saturated heterocycles. The number of hydrogen-bond donors (Lipinski definition) is 2. The molecular formula is C12H11Cl2N3O2S. The molecule has 1 aromatic carbocycles. The Morgan fingerprint density at radius 2 is 1.95 bits per heavy atom. The van der Waals surface area contributed by atoms with Gasteiger partial charge in [0.25, 0.3) is 10.0 Å². The number of halogens is 2. The summed E-state index contributed by atoms with van der Waals surface area (Å²) in [7, 11) is -3.78. The van der Waals surface area contributed by atoms with Gasteiger partial charge in [-0.25, -0.2) is 13.4 Å². The minimum absolute atomic E-state index is 0.0623. The van der Waals surface area contributed by atoms with Crippen LogP contribution in [0, 0.1) is 6.92 Å². The van der Waals surface area contributed by atoms with Crippen molar-refractivity contribution in [2.45, 2.75) is 11.8 Å². The molecule has 0 saturated carbocycles. The van der Waals surface area contributed by atoms with Gasteiger partial charge in [-0.1, -0.05) is 23.2 Å². The van der Waals surface area contributed by atoms with Gasteiger partial charge in [-0.15, -0.1) is 0 Å². The summed E-state index contributed by atoms with van der Waals surface area (Å²) in [5.74, 6) is 0. The fraction of sp³-hybridized carbons (Fsp3) is 0.0833. The van der Waals surface area contributed by atoms with E-state index in [0.29, 0.717) is 16.3 Å². The van der Waals surface area contributed by atoms with Crippen LogP contribution in [-0.4, -0.2) is 13.4 Å². The summed E-state index contributed by atoms with van der Waals surface area (Å²) in [6, 6.07) is 5.74. The first-order valence-electron chi connectivity index (χ1n) is 5.49. The van der Waals surface area contributed by atoms with Crippen LogP contribution in [0.25, 0.3) is 0 Å². The Bertz CT molecular complexity index is 763. The SMILES string of the molecule is Cc1cc(Cl)c(N)cc1S(=O)(=O)Nc1ccnc(Cl)c1. The van der Waals surface area contributed by atoms with Crippen molar-refractivity contribution in [3.8, 4) is 0 Å². The summed E-state index contributed by atoms with van der Waals surface area (Å²) < 4.78 is 27.1. The van der Waals surface area contributed by atoms with Gasteiger partial charge >= 0.3 is 0 Å². The molecule has 20 heavy (non-hydrogen) atoms. The number of nitrogens with two attached hydrogens (primary N) is 1. The first-order chi connectivity index (χ1) is 9.29. The van der Waals surface area contributed by atoms with E-state index in [9.17, 15) is 8.42 Å². The molecule has 0 aliphatic rings. The second-order valence-electron chi connectivity index (χ2n) is 4.11. The number of nitrogen functional groups attached to an aromatic ring is 1. The van der Waals surface area contributed by atoms with Crippen LogP contribution in [0.15, 0.2) is 35.4 Å². The average Bonchev–Trinajstić information content (AvgIpc) is 2.33. The minimum atomic E-state index is -3.78. The van der Waals surface area contributed by atoms with Crippen LogP contribution < -0.4 is 10.5 Å². The van der Waals surface area contributed by atoms with Gasteiger partial charge in [0.05, 0.1) is 21.3 Å². The van der Waals surface area contributed by atoms with Gasteiger partial charge in [0, 0.05) is 6.20 Å². The Morgan fingerprint density at radius 1 is 1.25 bits per heavy atom. The van der Waals surface area contributed by atoms with Gasteiger partial charge < -0.3 is 5.73 Å². The molecule has 0 unspecified atom stereocenters. The second kappa shape index (κ2) is 5.47. The van der Waals surface area contributed by atoms with E-state index in [-0.39, 0.29) is 15.7 Å². The number of rotatable bonds is 3. The monoisotopic (exact) mass is 331 g/mol. The van der Waals surface area contributed by atoms with E-state index in [0.717, 1.165) is 0 Å². The standard InChI is InChI=1S/C12H11Cl2N3O2S/c1-7-4-9(13)10(15)6-11(7)20(18,19)17-8-2-3-16-12(14)5-8/h2-6H,15H2,1H3,(H,16,17). The normalized spacial score (nSPS) is 11.3. The lowest BCUT2D eigenvalue weighted by molar-refractivity contribution is 0.600. The second-order valence-corrected chi connectivity index (χ2v) is 6.56. The highest BCUT2D eigenvalue weighted by Crippen LogP contribution is 2.27. The third-order valence-corrected chi connectivity index (χ3v) is 4.62. The molecule has 2 aromatic rings. The van der Waals surface area contributed by atoms with Crippen molar-refractivity contribution in [1.82, 2.24) is 4.98 Å². The summed E-state index contributed by atoms with van der Waals surface area (Å²) in [5, 5.41) is 0.506. The van der Waals surface area contributed by atoms with Gasteiger partial charge in [0.15, 0.2) is 0 Å². The molecule has 8 heteroatoms. The maximum atomic E-state index is 12.3. The number of pyridine rings is 1. The lowest BCUT2D eigenvalue weighted by atomic mass is 10.2. The van der Waals surface area contributed by atoms with Crippen LogP contribution in [-0.2, 0) is 10.0 Å². The van der Waals surface area contributed by atoms with Crippen molar-refractivity contribution in [3.05, 3.63) is 46.2 Å². The number of nitrogens with zero attached hydrogens (tertiary/aromatic N) is 1. The predicted octanol–water partition coefficient (Wildman–Crippen LogP) is 3.08. The molecular weight excluding hydrogens is 321 g/mol. The molecule has 0 aliphatic heterocycles. The van der Waals surface area contributed by atoms with Gasteiger partial charge in [0.2, 0.25) is 0 Å². The number of aromatic nitrogens is 1. The maximum Gasteiger partial charge on any atom is 0.262 e. The Kier molecular flexibility index (Phi) is 4.08. The van der Waals surface area contributed by atoms with Gasteiger partial charge in [0.1, 0.15) is 5.15 Å². The van der Waals surface area contributed by atoms with Gasteiger partial charge in [-0.3, -0.25) is 4.72 Å². The van der Waals surface area contributed by atoms with E-state index >= 15 is 0 Å². The summed E-state index contributed by atoms with van der Waals surface area (Å²) >= 11 is 11.6. The number of anilines is 2. The lowest BCUT2D eigenvalue weighted by Crippen LogP contribution is -2.14. The van der Waals surface area contributed by atoms with E-state index in [2.05, 4.69) is 9.71 Å². The topological polar surface area (TPSA) is 85.1 Å². The quantitative estimate of drug-likeness (QED) is 0.668. The molecule has 106 valence electrons. The molecule has 0 amide bonds. The van der Waals surface area contributed by atoms with E-state index < -0.39 is 10.0 Å². The van der Waals surface area contributed by atoms with Crippen molar-refractivity contribution < 1.29 is 8.42 Å². The van der Waals surface area contributed by atoms with Crippen molar-refractivity contribution in [1.29, 1.82) is 0 Å². The Hall–Kier alpha value is -1.50. The number of nitrogens with one attached hydrogen (secondary N) is 1. The molecule has 0 spiro atoms. The molecule has 0 radical (unpaired) electrons. The predicted molar refractivity (Wildman–Crippen MR) is 80.7 cm³/mol. The smallest absolute Gasteiger partial charge is 0.262 e. The molecule has 3 N–H and O–H groups in total. The molecule has 1 aromatic heterocycles. The van der Waals surface area contributed by atoms with Crippen molar-refractivity contribution in [3.63, 3.8) is 0 Å². The van der Waals surface area contributed by atoms with Crippen LogP contribution >= 0.6 is 23.2 Å². The zero-order valence-corrected chi connectivity index (χ0v) is 12.7. The highest BCUT2D eigenvalue weighted by molar-refractivity contribution is 7.92. The summed E-state index contributed by atoms with van der Waals surface area (Å²) in [6.07, 6.45) is 1.41. The van der Waals surface area contributed by atoms with E-state index in [1.165, 1.54) is 30.5 Å². The number of sulfonamides is 1. The van der Waals surface area contributed by atoms with Crippen molar-refractivity contribution >= 4 is 44.6 Å². The first kappa shape index (κ1) is 14.9. The number of benzene rings is 1. The molecule has 5 nitrogen and oxygen atoms in total. The maximum absolute atomic E-state index is 12.3. The molecule has 0 bridgehead atoms. The van der Waals surface area contributed by atoms with Gasteiger partial charge in [-0.05, 0) is 36.8 Å². The van der Waals surface area contributed by atoms with Crippen molar-refractivity contribution in [2.75, 3.05) is 10.5 Å². The van der Waals surface area contributed by atoms with Crippen molar-refractivity contribution in [2.24, 2.45) is 0 Å². The molecule has 2 rings (SSSR count). The Balaban J connectivity index is 2.43. The van der Waals surface area contributed by atoms with Gasteiger partial charge in [-0.2, -0.15) is 0 Å². The molecule has 0 atom stereocenters. The minimum Gasteiger partial charge on any atom is -0.397 e. The molecule has 0 fully saturated rings. The highest BCUT2D eigenvalue weighted by atomic mass is 35.5. The average molecular weight is 332 g/mol.